The molecule has 3 aliphatic rings. The van der Waals surface area contributed by atoms with E-state index in [1.807, 2.05) is 0 Å². The number of nitrogens with one attached hydrogen (secondary N) is 1. The molecule has 4 heterocycles. The fourth-order valence-corrected chi connectivity index (χ4v) is 5.55. The van der Waals surface area contributed by atoms with Gasteiger partial charge in [0.05, 0.1) is 24.2 Å². The Morgan fingerprint density at radius 2 is 1.64 bits per heavy atom. The zero-order chi connectivity index (χ0) is 27.5. The second-order valence-electron chi connectivity index (χ2n) is 10.6. The van der Waals surface area contributed by atoms with Crippen LogP contribution in [0.5, 0.6) is 0 Å². The predicted molar refractivity (Wildman–Crippen MR) is 153 cm³/mol. The summed E-state index contributed by atoms with van der Waals surface area (Å²) in [5.41, 5.74) is 1.12. The standard InChI is InChI=1S/C17H17F2N5O.C9H18.C4H9N/c1-11-20-14(23-6-8-25-9-7-23)10-15(21-11)24-13-5-3-2-4-12(13)22-17(24)16(18)19;1-2-6-9-7-4-3-5-8-9;1-2-4-5-3-1/h2-5,10,16H,6-9H2,1H3;9H,2-8H2,1H3;5H,1-4H2. The van der Waals surface area contributed by atoms with Gasteiger partial charge in [0, 0.05) is 19.2 Å². The van der Waals surface area contributed by atoms with Crippen LogP contribution in [0.2, 0.25) is 0 Å². The Labute approximate surface area is 231 Å². The highest BCUT2D eigenvalue weighted by Crippen LogP contribution is 2.29. The third-order valence-electron chi connectivity index (χ3n) is 7.54. The van der Waals surface area contributed by atoms with Crippen LogP contribution in [0.15, 0.2) is 30.3 Å². The summed E-state index contributed by atoms with van der Waals surface area (Å²) >= 11 is 0. The van der Waals surface area contributed by atoms with Gasteiger partial charge in [-0.25, -0.2) is 23.7 Å². The number of hydrogen-bond acceptors (Lipinski definition) is 6. The minimum atomic E-state index is -2.70. The van der Waals surface area contributed by atoms with Crippen molar-refractivity contribution in [3.05, 3.63) is 42.0 Å². The zero-order valence-corrected chi connectivity index (χ0v) is 23.5. The summed E-state index contributed by atoms with van der Waals surface area (Å²) in [5.74, 6) is 2.43. The van der Waals surface area contributed by atoms with Crippen molar-refractivity contribution in [3.8, 4) is 5.82 Å². The topological polar surface area (TPSA) is 68.1 Å². The van der Waals surface area contributed by atoms with E-state index in [-0.39, 0.29) is 5.82 Å². The van der Waals surface area contributed by atoms with Gasteiger partial charge in [0.2, 0.25) is 0 Å². The van der Waals surface area contributed by atoms with Crippen LogP contribution in [0.3, 0.4) is 0 Å². The summed E-state index contributed by atoms with van der Waals surface area (Å²) in [7, 11) is 0. The first-order chi connectivity index (χ1) is 19.1. The monoisotopic (exact) mass is 542 g/mol. The van der Waals surface area contributed by atoms with Gasteiger partial charge < -0.3 is 15.0 Å². The number of benzene rings is 1. The number of fused-ring (bicyclic) bond motifs is 1. The number of aryl methyl sites for hydroxylation is 1. The highest BCUT2D eigenvalue weighted by molar-refractivity contribution is 5.78. The SMILES string of the molecule is C1CCNC1.CCCC1CCCCC1.Cc1nc(N2CCOCC2)cc(-n2c(C(F)F)nc3ccccc32)n1. The van der Waals surface area contributed by atoms with E-state index in [0.717, 1.165) is 5.92 Å². The molecule has 1 aliphatic carbocycles. The molecule has 2 aromatic heterocycles. The fourth-order valence-electron chi connectivity index (χ4n) is 5.55. The molecule has 1 aromatic carbocycles. The van der Waals surface area contributed by atoms with E-state index in [4.69, 9.17) is 4.74 Å². The van der Waals surface area contributed by atoms with Crippen LogP contribution in [0.1, 0.15) is 82.8 Å². The van der Waals surface area contributed by atoms with Crippen molar-refractivity contribution in [3.63, 3.8) is 0 Å². The Morgan fingerprint density at radius 1 is 0.949 bits per heavy atom. The molecule has 9 heteroatoms. The Kier molecular flexibility index (Phi) is 11.4. The number of para-hydroxylation sites is 2. The van der Waals surface area contributed by atoms with Gasteiger partial charge in [-0.15, -0.1) is 0 Å². The molecule has 1 saturated carbocycles. The fraction of sp³-hybridized carbons (Fsp3) is 0.633. The molecule has 0 atom stereocenters. The number of anilines is 1. The average molecular weight is 543 g/mol. The van der Waals surface area contributed by atoms with Crippen LogP contribution in [-0.4, -0.2) is 58.9 Å². The first-order valence-electron chi connectivity index (χ1n) is 14.7. The Morgan fingerprint density at radius 3 is 2.28 bits per heavy atom. The summed E-state index contributed by atoms with van der Waals surface area (Å²) in [6.07, 6.45) is 10.5. The highest BCUT2D eigenvalue weighted by atomic mass is 19.3. The predicted octanol–water partition coefficient (Wildman–Crippen LogP) is 6.63. The second-order valence-corrected chi connectivity index (χ2v) is 10.6. The molecule has 3 fully saturated rings. The normalized spacial score (nSPS) is 18.0. The van der Waals surface area contributed by atoms with Gasteiger partial charge in [-0.05, 0) is 50.9 Å². The van der Waals surface area contributed by atoms with Crippen molar-refractivity contribution in [1.29, 1.82) is 0 Å². The lowest BCUT2D eigenvalue weighted by molar-refractivity contribution is 0.122. The van der Waals surface area contributed by atoms with Crippen molar-refractivity contribution in [2.45, 2.75) is 78.1 Å². The van der Waals surface area contributed by atoms with Crippen molar-refractivity contribution in [1.82, 2.24) is 24.8 Å². The van der Waals surface area contributed by atoms with E-state index >= 15 is 0 Å². The molecule has 39 heavy (non-hydrogen) atoms. The van der Waals surface area contributed by atoms with Crippen molar-refractivity contribution in [2.75, 3.05) is 44.3 Å². The number of halogens is 2. The van der Waals surface area contributed by atoms with Gasteiger partial charge in [-0.1, -0.05) is 64.0 Å². The number of morpholine rings is 1. The number of hydrogen-bond donors (Lipinski definition) is 1. The number of alkyl halides is 2. The number of imidazole rings is 1. The van der Waals surface area contributed by atoms with Crippen molar-refractivity contribution < 1.29 is 13.5 Å². The summed E-state index contributed by atoms with van der Waals surface area (Å²) in [5, 5.41) is 3.22. The Balaban J connectivity index is 0.000000206. The van der Waals surface area contributed by atoms with Gasteiger partial charge >= 0.3 is 0 Å². The van der Waals surface area contributed by atoms with E-state index < -0.39 is 6.43 Å². The number of aromatic nitrogens is 4. The summed E-state index contributed by atoms with van der Waals surface area (Å²) < 4.78 is 33.9. The second kappa shape index (κ2) is 15.2. The lowest BCUT2D eigenvalue weighted by Gasteiger charge is -2.28. The molecule has 7 nitrogen and oxygen atoms in total. The summed E-state index contributed by atoms with van der Waals surface area (Å²) in [6, 6.07) is 8.79. The molecule has 0 spiro atoms. The van der Waals surface area contributed by atoms with Crippen LogP contribution < -0.4 is 10.2 Å². The number of nitrogens with zero attached hydrogens (tertiary/aromatic N) is 5. The first-order valence-corrected chi connectivity index (χ1v) is 14.7. The smallest absolute Gasteiger partial charge is 0.296 e. The van der Waals surface area contributed by atoms with Crippen molar-refractivity contribution >= 4 is 16.9 Å². The van der Waals surface area contributed by atoms with Crippen LogP contribution in [0, 0.1) is 12.8 Å². The minimum absolute atomic E-state index is 0.313. The molecule has 0 bridgehead atoms. The summed E-state index contributed by atoms with van der Waals surface area (Å²) in [6.45, 7) is 9.22. The molecule has 0 amide bonds. The molecular weight excluding hydrogens is 498 g/mol. The molecule has 2 saturated heterocycles. The molecular formula is C30H44F2N6O. The molecule has 0 radical (unpaired) electrons. The van der Waals surface area contributed by atoms with Gasteiger partial charge in [0.15, 0.2) is 5.82 Å². The van der Waals surface area contributed by atoms with Crippen LogP contribution in [-0.2, 0) is 4.74 Å². The maximum Gasteiger partial charge on any atom is 0.296 e. The lowest BCUT2D eigenvalue weighted by Crippen LogP contribution is -2.37. The van der Waals surface area contributed by atoms with Gasteiger partial charge in [0.25, 0.3) is 6.43 Å². The van der Waals surface area contributed by atoms with E-state index in [1.165, 1.54) is 75.4 Å². The quantitative estimate of drug-likeness (QED) is 0.390. The number of ether oxygens (including phenoxy) is 1. The van der Waals surface area contributed by atoms with Gasteiger partial charge in [0.1, 0.15) is 17.5 Å². The molecule has 3 aromatic rings. The maximum atomic E-state index is 13.6. The minimum Gasteiger partial charge on any atom is -0.378 e. The highest BCUT2D eigenvalue weighted by Gasteiger charge is 2.22. The van der Waals surface area contributed by atoms with E-state index in [0.29, 0.717) is 54.8 Å². The van der Waals surface area contributed by atoms with E-state index in [9.17, 15) is 8.78 Å². The summed E-state index contributed by atoms with van der Waals surface area (Å²) in [4.78, 5) is 15.0. The first kappa shape index (κ1) is 29.3. The largest absolute Gasteiger partial charge is 0.378 e. The zero-order valence-electron chi connectivity index (χ0n) is 23.5. The lowest BCUT2D eigenvalue weighted by atomic mass is 9.86. The van der Waals surface area contributed by atoms with Crippen molar-refractivity contribution in [2.24, 2.45) is 5.92 Å². The molecule has 1 N–H and O–H groups in total. The molecule has 214 valence electrons. The Bertz CT molecular complexity index is 1130. The van der Waals surface area contributed by atoms with Crippen LogP contribution in [0.4, 0.5) is 14.6 Å². The third kappa shape index (κ3) is 8.42. The molecule has 6 rings (SSSR count). The van der Waals surface area contributed by atoms with Crippen LogP contribution >= 0.6 is 0 Å². The van der Waals surface area contributed by atoms with Crippen LogP contribution in [0.25, 0.3) is 16.9 Å². The van der Waals surface area contributed by atoms with E-state index in [2.05, 4.69) is 32.1 Å². The third-order valence-corrected chi connectivity index (χ3v) is 7.54. The van der Waals surface area contributed by atoms with Gasteiger partial charge in [-0.3, -0.25) is 4.57 Å². The molecule has 2 aliphatic heterocycles. The molecule has 0 unspecified atom stereocenters. The average Bonchev–Trinajstić information content (AvgIpc) is 3.67. The Hall–Kier alpha value is -2.65. The maximum absolute atomic E-state index is 13.6. The van der Waals surface area contributed by atoms with Gasteiger partial charge in [-0.2, -0.15) is 0 Å². The number of rotatable bonds is 5. The van der Waals surface area contributed by atoms with E-state index in [1.54, 1.807) is 37.3 Å².